The minimum Gasteiger partial charge on any atom is -0.475 e. The zero-order chi connectivity index (χ0) is 31.1. The van der Waals surface area contributed by atoms with E-state index < -0.39 is 39.7 Å². The van der Waals surface area contributed by atoms with Crippen molar-refractivity contribution in [1.29, 1.82) is 0 Å². The summed E-state index contributed by atoms with van der Waals surface area (Å²) in [5.41, 5.74) is -0.559. The summed E-state index contributed by atoms with van der Waals surface area (Å²) in [5.74, 6) is -5.64. The lowest BCUT2D eigenvalue weighted by atomic mass is 9.75. The number of carbonyl (C=O) groups excluding carboxylic acids is 1. The number of ether oxygens (including phenoxy) is 1. The molecule has 0 amide bonds. The summed E-state index contributed by atoms with van der Waals surface area (Å²) < 4.78 is 96.1. The number of carboxylic acid groups (broad SMARTS) is 2. The molecule has 0 aromatic rings. The van der Waals surface area contributed by atoms with Crippen LogP contribution in [-0.2, 0) is 29.1 Å². The number of aliphatic carboxylic acids is 2. The van der Waals surface area contributed by atoms with Crippen LogP contribution in [0.2, 0.25) is 0 Å². The summed E-state index contributed by atoms with van der Waals surface area (Å²) >= 11 is 0. The highest BCUT2D eigenvalue weighted by atomic mass is 32.2. The van der Waals surface area contributed by atoms with Gasteiger partial charge in [0.15, 0.2) is 0 Å². The van der Waals surface area contributed by atoms with Crippen molar-refractivity contribution in [1.82, 2.24) is 14.1 Å². The molecule has 3 rings (SSSR count). The quantitative estimate of drug-likeness (QED) is 0.322. The van der Waals surface area contributed by atoms with Gasteiger partial charge in [-0.2, -0.15) is 26.3 Å². The summed E-state index contributed by atoms with van der Waals surface area (Å²) in [7, 11) is 0.877. The Balaban J connectivity index is 0.000000473. The summed E-state index contributed by atoms with van der Waals surface area (Å²) in [4.78, 5) is 35.2. The Kier molecular flexibility index (Phi) is 12.7. The van der Waals surface area contributed by atoms with E-state index in [1.807, 2.05) is 21.0 Å². The zero-order valence-electron chi connectivity index (χ0n) is 22.3. The molecule has 1 saturated carbocycles. The number of nitrogens with zero attached hydrogens (tertiary/aromatic N) is 3. The highest BCUT2D eigenvalue weighted by molar-refractivity contribution is 7.90. The average molecular weight is 616 g/mol. The van der Waals surface area contributed by atoms with Crippen molar-refractivity contribution in [3.8, 4) is 0 Å². The van der Waals surface area contributed by atoms with Gasteiger partial charge in [-0.05, 0) is 46.7 Å². The molecule has 2 heterocycles. The van der Waals surface area contributed by atoms with E-state index in [1.165, 1.54) is 0 Å². The molecule has 0 unspecified atom stereocenters. The summed E-state index contributed by atoms with van der Waals surface area (Å²) in [6.07, 6.45) is -7.17. The van der Waals surface area contributed by atoms with Gasteiger partial charge in [-0.25, -0.2) is 22.3 Å². The molecule has 0 aromatic carbocycles. The summed E-state index contributed by atoms with van der Waals surface area (Å²) in [6.45, 7) is 6.46. The van der Waals surface area contributed by atoms with Gasteiger partial charge >= 0.3 is 30.3 Å². The molecule has 11 nitrogen and oxygen atoms in total. The van der Waals surface area contributed by atoms with E-state index >= 15 is 0 Å². The molecule has 0 aromatic heterocycles. The SMILES string of the molecule is CCOC(=O)[C@]12CCCN(S(=O)(=O)C3CC3)C[C@H]1CN(CCN(C)C)C2.O=C(O)C(F)(F)F.O=C(O)C(F)(F)F. The molecular formula is C22H35F6N3O8S. The Morgan fingerprint density at radius 2 is 1.50 bits per heavy atom. The van der Waals surface area contributed by atoms with Crippen molar-refractivity contribution in [2.75, 3.05) is 60.0 Å². The maximum Gasteiger partial charge on any atom is 0.490 e. The monoisotopic (exact) mass is 615 g/mol. The van der Waals surface area contributed by atoms with Crippen LogP contribution in [0.15, 0.2) is 0 Å². The normalized spacial score (nSPS) is 24.1. The van der Waals surface area contributed by atoms with E-state index in [4.69, 9.17) is 24.5 Å². The van der Waals surface area contributed by atoms with Gasteiger partial charge in [0.1, 0.15) is 0 Å². The molecule has 0 radical (unpaired) electrons. The van der Waals surface area contributed by atoms with E-state index in [1.54, 1.807) is 4.31 Å². The fraction of sp³-hybridized carbons (Fsp3) is 0.864. The Bertz CT molecular complexity index is 964. The maximum absolute atomic E-state index is 12.9. The third-order valence-electron chi connectivity index (χ3n) is 6.56. The van der Waals surface area contributed by atoms with Gasteiger partial charge in [-0.15, -0.1) is 0 Å². The predicted octanol–water partition coefficient (Wildman–Crippen LogP) is 1.88. The van der Waals surface area contributed by atoms with Crippen LogP contribution in [0.25, 0.3) is 0 Å². The number of carbonyl (C=O) groups is 3. The van der Waals surface area contributed by atoms with Crippen LogP contribution in [0.1, 0.15) is 32.6 Å². The number of fused-ring (bicyclic) bond motifs is 1. The number of alkyl halides is 6. The minimum absolute atomic E-state index is 0.0136. The molecule has 3 aliphatic rings. The van der Waals surface area contributed by atoms with Gasteiger partial charge in [0.25, 0.3) is 0 Å². The highest BCUT2D eigenvalue weighted by Crippen LogP contribution is 2.45. The van der Waals surface area contributed by atoms with Crippen molar-refractivity contribution < 1.29 is 64.1 Å². The number of esters is 1. The molecule has 18 heteroatoms. The Hall–Kier alpha value is -2.18. The number of hydrogen-bond donors (Lipinski definition) is 2. The first-order chi connectivity index (χ1) is 18.2. The minimum atomic E-state index is -5.08. The first-order valence-electron chi connectivity index (χ1n) is 12.3. The van der Waals surface area contributed by atoms with Crippen LogP contribution in [-0.4, -0.2) is 128 Å². The van der Waals surface area contributed by atoms with E-state index in [0.29, 0.717) is 32.7 Å². The van der Waals surface area contributed by atoms with Gasteiger partial charge in [-0.1, -0.05) is 0 Å². The molecule has 2 N–H and O–H groups in total. The van der Waals surface area contributed by atoms with E-state index in [9.17, 15) is 39.6 Å². The van der Waals surface area contributed by atoms with E-state index in [-0.39, 0.29) is 17.1 Å². The third-order valence-corrected chi connectivity index (χ3v) is 8.92. The van der Waals surface area contributed by atoms with Crippen molar-refractivity contribution >= 4 is 27.9 Å². The smallest absolute Gasteiger partial charge is 0.475 e. The topological polar surface area (TPSA) is 145 Å². The molecule has 2 aliphatic heterocycles. The van der Waals surface area contributed by atoms with Gasteiger partial charge in [0, 0.05) is 45.2 Å². The number of rotatable bonds is 7. The molecule has 3 fully saturated rings. The Labute approximate surface area is 228 Å². The zero-order valence-corrected chi connectivity index (χ0v) is 23.1. The fourth-order valence-electron chi connectivity index (χ4n) is 4.43. The lowest BCUT2D eigenvalue weighted by Gasteiger charge is -2.31. The molecule has 0 spiro atoms. The van der Waals surface area contributed by atoms with Gasteiger partial charge in [0.05, 0.1) is 17.3 Å². The number of carboxylic acids is 2. The number of likely N-dealkylation sites (tertiary alicyclic amines) is 1. The largest absolute Gasteiger partial charge is 0.490 e. The van der Waals surface area contributed by atoms with Crippen LogP contribution in [0.5, 0.6) is 0 Å². The van der Waals surface area contributed by atoms with Gasteiger partial charge in [0.2, 0.25) is 10.0 Å². The lowest BCUT2D eigenvalue weighted by molar-refractivity contribution is -0.193. The second-order valence-corrected chi connectivity index (χ2v) is 12.1. The molecule has 2 atom stereocenters. The van der Waals surface area contributed by atoms with Gasteiger partial charge in [-0.3, -0.25) is 4.79 Å². The third kappa shape index (κ3) is 10.3. The van der Waals surface area contributed by atoms with Crippen LogP contribution in [0.4, 0.5) is 26.3 Å². The molecule has 1 aliphatic carbocycles. The van der Waals surface area contributed by atoms with Crippen LogP contribution >= 0.6 is 0 Å². The highest BCUT2D eigenvalue weighted by Gasteiger charge is 2.55. The van der Waals surface area contributed by atoms with Crippen molar-refractivity contribution in [3.63, 3.8) is 0 Å². The van der Waals surface area contributed by atoms with Crippen molar-refractivity contribution in [2.24, 2.45) is 11.3 Å². The van der Waals surface area contributed by atoms with Gasteiger partial charge < -0.3 is 24.7 Å². The number of likely N-dealkylation sites (N-methyl/N-ethyl adjacent to an activating group) is 1. The van der Waals surface area contributed by atoms with E-state index in [0.717, 1.165) is 38.9 Å². The number of hydrogen-bond acceptors (Lipinski definition) is 8. The maximum atomic E-state index is 12.9. The molecule has 234 valence electrons. The van der Waals surface area contributed by atoms with Crippen LogP contribution < -0.4 is 0 Å². The molecular weight excluding hydrogens is 580 g/mol. The predicted molar refractivity (Wildman–Crippen MR) is 128 cm³/mol. The van der Waals surface area contributed by atoms with Crippen molar-refractivity contribution in [3.05, 3.63) is 0 Å². The summed E-state index contributed by atoms with van der Waals surface area (Å²) in [6, 6.07) is 0. The molecule has 2 saturated heterocycles. The number of halogens is 6. The van der Waals surface area contributed by atoms with Crippen molar-refractivity contribution in [2.45, 2.75) is 50.2 Å². The standard InChI is InChI=1S/C18H33N3O4S.2C2HF3O2/c1-4-25-17(22)18-8-5-9-21(26(23,24)16-6-7-16)13-15(18)12-20(14-18)11-10-19(2)3;2*3-2(4,5)1(6)7/h15-16H,4-14H2,1-3H3;2*(H,6,7)/t15-,18+;;/m1../s1. The van der Waals surface area contributed by atoms with Crippen LogP contribution in [0.3, 0.4) is 0 Å². The first-order valence-corrected chi connectivity index (χ1v) is 13.8. The first kappa shape index (κ1) is 35.8. The molecule has 40 heavy (non-hydrogen) atoms. The Morgan fingerprint density at radius 1 is 1.00 bits per heavy atom. The Morgan fingerprint density at radius 3 is 1.90 bits per heavy atom. The molecule has 0 bridgehead atoms. The van der Waals surface area contributed by atoms with Crippen LogP contribution in [0, 0.1) is 11.3 Å². The lowest BCUT2D eigenvalue weighted by Crippen LogP contribution is -2.44. The number of sulfonamides is 1. The second-order valence-electron chi connectivity index (χ2n) is 9.92. The average Bonchev–Trinajstić information content (AvgIpc) is 3.63. The second kappa shape index (κ2) is 14.1. The summed E-state index contributed by atoms with van der Waals surface area (Å²) in [5, 5.41) is 14.1. The fourth-order valence-corrected chi connectivity index (χ4v) is 6.36. The van der Waals surface area contributed by atoms with E-state index in [2.05, 4.69) is 9.80 Å².